The van der Waals surface area contributed by atoms with E-state index in [1.807, 2.05) is 11.0 Å². The summed E-state index contributed by atoms with van der Waals surface area (Å²) in [5.74, 6) is 0.757. The minimum absolute atomic E-state index is 0.0428. The van der Waals surface area contributed by atoms with E-state index in [4.69, 9.17) is 5.26 Å². The van der Waals surface area contributed by atoms with Gasteiger partial charge < -0.3 is 14.8 Å². The predicted octanol–water partition coefficient (Wildman–Crippen LogP) is 0.838. The summed E-state index contributed by atoms with van der Waals surface area (Å²) in [4.78, 5) is 32.2. The molecule has 2 aliphatic rings. The Kier molecular flexibility index (Phi) is 3.15. The fourth-order valence-corrected chi connectivity index (χ4v) is 3.94. The minimum Gasteiger partial charge on any atom is -0.352 e. The first-order valence-corrected chi connectivity index (χ1v) is 7.80. The summed E-state index contributed by atoms with van der Waals surface area (Å²) in [6.07, 6.45) is 5.99. The number of amides is 1. The molecule has 2 fully saturated rings. The van der Waals surface area contributed by atoms with Gasteiger partial charge in [0.05, 0.1) is 17.9 Å². The van der Waals surface area contributed by atoms with E-state index in [1.165, 1.54) is 6.33 Å². The normalized spacial score (nSPS) is 23.8. The summed E-state index contributed by atoms with van der Waals surface area (Å²) >= 11 is 0. The number of anilines is 1. The molecule has 23 heavy (non-hydrogen) atoms. The lowest BCUT2D eigenvalue weighted by Gasteiger charge is -2.34. The number of likely N-dealkylation sites (tertiary alicyclic amines) is 1. The molecule has 4 rings (SSSR count). The number of nitriles is 1. The largest absolute Gasteiger partial charge is 0.352 e. The van der Waals surface area contributed by atoms with E-state index in [0.717, 1.165) is 55.9 Å². The van der Waals surface area contributed by atoms with Crippen LogP contribution in [0.4, 0.5) is 5.82 Å². The Hall–Kier alpha value is -2.69. The van der Waals surface area contributed by atoms with Crippen molar-refractivity contribution in [1.82, 2.24) is 24.8 Å². The van der Waals surface area contributed by atoms with Gasteiger partial charge in [0.1, 0.15) is 18.3 Å². The number of fused-ring (bicyclic) bond motifs is 1. The average molecular weight is 311 g/mol. The van der Waals surface area contributed by atoms with Gasteiger partial charge in [-0.2, -0.15) is 5.26 Å². The Balaban J connectivity index is 1.62. The van der Waals surface area contributed by atoms with Crippen molar-refractivity contribution in [2.75, 3.05) is 24.5 Å². The third-order valence-electron chi connectivity index (χ3n) is 4.96. The summed E-state index contributed by atoms with van der Waals surface area (Å²) < 4.78 is 0. The average Bonchev–Trinajstić information content (AvgIpc) is 3.27. The van der Waals surface area contributed by atoms with Crippen molar-refractivity contribution in [3.63, 3.8) is 0 Å². The van der Waals surface area contributed by atoms with Gasteiger partial charge in [-0.25, -0.2) is 15.0 Å². The van der Waals surface area contributed by atoms with E-state index in [9.17, 15) is 4.79 Å². The highest BCUT2D eigenvalue weighted by Gasteiger charge is 2.48. The number of nitrogens with zero attached hydrogens (tertiary/aromatic N) is 6. The first-order valence-electron chi connectivity index (χ1n) is 7.80. The summed E-state index contributed by atoms with van der Waals surface area (Å²) in [6, 6.07) is 1.97. The van der Waals surface area contributed by atoms with Crippen LogP contribution in [-0.2, 0) is 4.79 Å². The second-order valence-corrected chi connectivity index (χ2v) is 6.18. The Labute approximate surface area is 133 Å². The second-order valence-electron chi connectivity index (χ2n) is 6.18. The zero-order chi connectivity index (χ0) is 15.9. The van der Waals surface area contributed by atoms with Crippen molar-refractivity contribution in [2.45, 2.75) is 31.2 Å². The lowest BCUT2D eigenvalue weighted by atomic mass is 9.95. The van der Waals surface area contributed by atoms with Crippen LogP contribution >= 0.6 is 0 Å². The lowest BCUT2D eigenvalue weighted by molar-refractivity contribution is -0.133. The molecule has 0 saturated carbocycles. The summed E-state index contributed by atoms with van der Waals surface area (Å²) in [5.41, 5.74) is 1.32. The van der Waals surface area contributed by atoms with Gasteiger partial charge >= 0.3 is 0 Å². The molecule has 2 aliphatic heterocycles. The van der Waals surface area contributed by atoms with Gasteiger partial charge in [-0.05, 0) is 19.3 Å². The van der Waals surface area contributed by atoms with Crippen molar-refractivity contribution in [3.05, 3.63) is 12.7 Å². The summed E-state index contributed by atoms with van der Waals surface area (Å²) in [6.45, 7) is 2.31. The van der Waals surface area contributed by atoms with Crippen LogP contribution in [0.5, 0.6) is 0 Å². The van der Waals surface area contributed by atoms with Crippen molar-refractivity contribution in [3.8, 4) is 6.07 Å². The van der Waals surface area contributed by atoms with Crippen molar-refractivity contribution in [1.29, 1.82) is 5.26 Å². The maximum Gasteiger partial charge on any atom is 0.237 e. The number of carbonyl (C=O) groups is 1. The smallest absolute Gasteiger partial charge is 0.237 e. The third-order valence-corrected chi connectivity index (χ3v) is 4.96. The van der Waals surface area contributed by atoms with Crippen molar-refractivity contribution in [2.24, 2.45) is 0 Å². The van der Waals surface area contributed by atoms with Crippen molar-refractivity contribution < 1.29 is 4.79 Å². The van der Waals surface area contributed by atoms with Gasteiger partial charge in [-0.15, -0.1) is 0 Å². The molecule has 1 N–H and O–H groups in total. The van der Waals surface area contributed by atoms with Crippen LogP contribution in [0.25, 0.3) is 11.2 Å². The highest BCUT2D eigenvalue weighted by molar-refractivity contribution is 5.83. The standard InChI is InChI=1S/C15H17N7O/c16-5-2-11(23)22-6-1-3-15(22)4-7-21(8-15)14-12-13(18-9-17-12)19-10-20-14/h9-10H,1-4,6-8H2,(H,17,18,19,20). The van der Waals surface area contributed by atoms with Gasteiger partial charge in [0.25, 0.3) is 0 Å². The SMILES string of the molecule is N#CCC(=O)N1CCCC12CCN(c1ncnc3[nH]cnc13)C2. The number of carbonyl (C=O) groups excluding carboxylic acids is 1. The maximum absolute atomic E-state index is 12.3. The molecule has 2 saturated heterocycles. The Bertz CT molecular complexity index is 794. The lowest BCUT2D eigenvalue weighted by Crippen LogP contribution is -2.49. The molecule has 1 unspecified atom stereocenters. The zero-order valence-corrected chi connectivity index (χ0v) is 12.7. The first-order chi connectivity index (χ1) is 11.2. The van der Waals surface area contributed by atoms with E-state index >= 15 is 0 Å². The number of aromatic amines is 1. The molecule has 4 heterocycles. The molecule has 1 spiro atoms. The van der Waals surface area contributed by atoms with Crippen molar-refractivity contribution >= 4 is 22.9 Å². The van der Waals surface area contributed by atoms with Gasteiger partial charge in [-0.1, -0.05) is 0 Å². The summed E-state index contributed by atoms with van der Waals surface area (Å²) in [7, 11) is 0. The Morgan fingerprint density at radius 2 is 2.26 bits per heavy atom. The molecule has 8 nitrogen and oxygen atoms in total. The molecule has 1 atom stereocenters. The molecule has 1 amide bonds. The topological polar surface area (TPSA) is 102 Å². The van der Waals surface area contributed by atoms with Crippen LogP contribution in [0.3, 0.4) is 0 Å². The van der Waals surface area contributed by atoms with Gasteiger partial charge in [0.2, 0.25) is 5.91 Å². The fourth-order valence-electron chi connectivity index (χ4n) is 3.94. The number of imidazole rings is 1. The molecule has 0 aliphatic carbocycles. The number of aromatic nitrogens is 4. The maximum atomic E-state index is 12.3. The molecular formula is C15H17N7O. The van der Waals surface area contributed by atoms with E-state index in [2.05, 4.69) is 24.8 Å². The van der Waals surface area contributed by atoms with Gasteiger partial charge in [0.15, 0.2) is 11.5 Å². The molecule has 0 aromatic carbocycles. The third kappa shape index (κ3) is 2.11. The van der Waals surface area contributed by atoms with Crippen LogP contribution in [0.15, 0.2) is 12.7 Å². The molecule has 0 bridgehead atoms. The van der Waals surface area contributed by atoms with Crippen LogP contribution in [-0.4, -0.2) is 55.9 Å². The fraction of sp³-hybridized carbons (Fsp3) is 0.533. The molecule has 118 valence electrons. The number of rotatable bonds is 2. The number of hydrogen-bond acceptors (Lipinski definition) is 6. The molecule has 2 aromatic heterocycles. The number of hydrogen-bond donors (Lipinski definition) is 1. The van der Waals surface area contributed by atoms with Crippen LogP contribution in [0.1, 0.15) is 25.7 Å². The number of H-pyrrole nitrogens is 1. The van der Waals surface area contributed by atoms with E-state index in [-0.39, 0.29) is 17.9 Å². The van der Waals surface area contributed by atoms with E-state index in [0.29, 0.717) is 0 Å². The minimum atomic E-state index is -0.165. The van der Waals surface area contributed by atoms with E-state index in [1.54, 1.807) is 6.33 Å². The first kappa shape index (κ1) is 13.9. The van der Waals surface area contributed by atoms with Crippen LogP contribution in [0.2, 0.25) is 0 Å². The monoisotopic (exact) mass is 311 g/mol. The van der Waals surface area contributed by atoms with Gasteiger partial charge in [-0.3, -0.25) is 4.79 Å². The Morgan fingerprint density at radius 1 is 1.35 bits per heavy atom. The molecular weight excluding hydrogens is 294 g/mol. The zero-order valence-electron chi connectivity index (χ0n) is 12.7. The molecule has 0 radical (unpaired) electrons. The van der Waals surface area contributed by atoms with Crippen LogP contribution in [0, 0.1) is 11.3 Å². The molecule has 2 aromatic rings. The highest BCUT2D eigenvalue weighted by Crippen LogP contribution is 2.40. The van der Waals surface area contributed by atoms with Crippen LogP contribution < -0.4 is 4.90 Å². The number of nitrogens with one attached hydrogen (secondary N) is 1. The quantitative estimate of drug-likeness (QED) is 0.881. The van der Waals surface area contributed by atoms with E-state index < -0.39 is 0 Å². The molecule has 8 heteroatoms. The highest BCUT2D eigenvalue weighted by atomic mass is 16.2. The second kappa shape index (κ2) is 5.19. The predicted molar refractivity (Wildman–Crippen MR) is 82.4 cm³/mol. The van der Waals surface area contributed by atoms with Gasteiger partial charge in [0, 0.05) is 19.6 Å². The summed E-state index contributed by atoms with van der Waals surface area (Å²) in [5, 5.41) is 8.82. The Morgan fingerprint density at radius 3 is 3.13 bits per heavy atom.